The van der Waals surface area contributed by atoms with E-state index in [0.717, 1.165) is 24.8 Å². The Balaban J connectivity index is 2.34. The van der Waals surface area contributed by atoms with Crippen LogP contribution in [0, 0.1) is 24.2 Å². The predicted octanol–water partition coefficient (Wildman–Crippen LogP) is 1.26. The number of piperidine rings is 1. The molecular weight excluding hydrogens is 122 g/mol. The molecule has 1 N–H and O–H groups in total. The molecule has 1 heteroatoms. The first-order chi connectivity index (χ1) is 4.84. The minimum Gasteiger partial charge on any atom is -0.316 e. The fraction of sp³-hybridized carbons (Fsp3) is 0.778. The van der Waals surface area contributed by atoms with Gasteiger partial charge in [0.25, 0.3) is 0 Å². The first-order valence-corrected chi connectivity index (χ1v) is 3.98. The lowest BCUT2D eigenvalue weighted by Crippen LogP contribution is -2.35. The molecule has 0 aromatic rings. The molecule has 1 aliphatic heterocycles. The molecule has 0 saturated carbocycles. The van der Waals surface area contributed by atoms with Crippen molar-refractivity contribution in [2.75, 3.05) is 13.1 Å². The minimum absolute atomic E-state index is 0.721. The van der Waals surface area contributed by atoms with Gasteiger partial charge in [-0.15, -0.1) is 12.3 Å². The zero-order valence-corrected chi connectivity index (χ0v) is 6.56. The van der Waals surface area contributed by atoms with E-state index >= 15 is 0 Å². The lowest BCUT2D eigenvalue weighted by Gasteiger charge is -2.27. The van der Waals surface area contributed by atoms with Crippen LogP contribution in [-0.4, -0.2) is 13.1 Å². The SMILES string of the molecule is C#CCC1CNCCC1C. The van der Waals surface area contributed by atoms with Crippen molar-refractivity contribution >= 4 is 0 Å². The molecule has 1 saturated heterocycles. The number of hydrogen-bond donors (Lipinski definition) is 1. The van der Waals surface area contributed by atoms with Crippen LogP contribution in [0.3, 0.4) is 0 Å². The topological polar surface area (TPSA) is 12.0 Å². The molecule has 1 heterocycles. The average molecular weight is 137 g/mol. The number of nitrogens with one attached hydrogen (secondary N) is 1. The van der Waals surface area contributed by atoms with Crippen LogP contribution < -0.4 is 5.32 Å². The molecule has 56 valence electrons. The highest BCUT2D eigenvalue weighted by Gasteiger charge is 2.19. The molecule has 1 aliphatic rings. The van der Waals surface area contributed by atoms with Crippen LogP contribution in [0.4, 0.5) is 0 Å². The van der Waals surface area contributed by atoms with Gasteiger partial charge in [-0.2, -0.15) is 0 Å². The van der Waals surface area contributed by atoms with E-state index < -0.39 is 0 Å². The summed E-state index contributed by atoms with van der Waals surface area (Å²) in [5, 5.41) is 3.35. The van der Waals surface area contributed by atoms with E-state index in [1.54, 1.807) is 0 Å². The highest BCUT2D eigenvalue weighted by molar-refractivity contribution is 4.90. The fourth-order valence-corrected chi connectivity index (χ4v) is 1.48. The van der Waals surface area contributed by atoms with E-state index in [2.05, 4.69) is 18.2 Å². The van der Waals surface area contributed by atoms with Gasteiger partial charge in [-0.25, -0.2) is 0 Å². The Kier molecular flexibility index (Phi) is 2.77. The van der Waals surface area contributed by atoms with Crippen LogP contribution in [0.2, 0.25) is 0 Å². The zero-order valence-electron chi connectivity index (χ0n) is 6.56. The van der Waals surface area contributed by atoms with Crippen LogP contribution >= 0.6 is 0 Å². The summed E-state index contributed by atoms with van der Waals surface area (Å²) in [6.45, 7) is 4.58. The third-order valence-electron chi connectivity index (χ3n) is 2.37. The number of terminal acetylenes is 1. The van der Waals surface area contributed by atoms with Crippen molar-refractivity contribution in [2.45, 2.75) is 19.8 Å². The lowest BCUT2D eigenvalue weighted by molar-refractivity contribution is 0.279. The lowest BCUT2D eigenvalue weighted by atomic mass is 9.86. The molecule has 10 heavy (non-hydrogen) atoms. The number of rotatable bonds is 1. The second-order valence-corrected chi connectivity index (χ2v) is 3.14. The van der Waals surface area contributed by atoms with E-state index in [-0.39, 0.29) is 0 Å². The maximum Gasteiger partial charge on any atom is 0.0129 e. The molecule has 0 amide bonds. The van der Waals surface area contributed by atoms with Crippen molar-refractivity contribution in [1.29, 1.82) is 0 Å². The molecule has 1 rings (SSSR count). The molecule has 0 aromatic heterocycles. The zero-order chi connectivity index (χ0) is 7.40. The van der Waals surface area contributed by atoms with E-state index in [1.807, 2.05) is 0 Å². The highest BCUT2D eigenvalue weighted by atomic mass is 14.9. The highest BCUT2D eigenvalue weighted by Crippen LogP contribution is 2.20. The summed E-state index contributed by atoms with van der Waals surface area (Å²) in [5.74, 6) is 4.27. The second-order valence-electron chi connectivity index (χ2n) is 3.14. The van der Waals surface area contributed by atoms with Crippen molar-refractivity contribution in [3.63, 3.8) is 0 Å². The molecule has 0 radical (unpaired) electrons. The summed E-state index contributed by atoms with van der Waals surface area (Å²) in [5.41, 5.74) is 0. The van der Waals surface area contributed by atoms with Crippen molar-refractivity contribution in [3.05, 3.63) is 0 Å². The fourth-order valence-electron chi connectivity index (χ4n) is 1.48. The van der Waals surface area contributed by atoms with Gasteiger partial charge in [0.15, 0.2) is 0 Å². The smallest absolute Gasteiger partial charge is 0.0129 e. The largest absolute Gasteiger partial charge is 0.316 e. The molecule has 2 unspecified atom stereocenters. The summed E-state index contributed by atoms with van der Waals surface area (Å²) in [6, 6.07) is 0. The molecule has 0 aliphatic carbocycles. The minimum atomic E-state index is 0.721. The third-order valence-corrected chi connectivity index (χ3v) is 2.37. The molecule has 1 nitrogen and oxygen atoms in total. The predicted molar refractivity (Wildman–Crippen MR) is 43.6 cm³/mol. The summed E-state index contributed by atoms with van der Waals surface area (Å²) >= 11 is 0. The normalized spacial score (nSPS) is 33.2. The quantitative estimate of drug-likeness (QED) is 0.536. The maximum atomic E-state index is 5.24. The van der Waals surface area contributed by atoms with E-state index in [1.165, 1.54) is 13.0 Å². The van der Waals surface area contributed by atoms with Gasteiger partial charge in [-0.1, -0.05) is 6.92 Å². The van der Waals surface area contributed by atoms with Crippen LogP contribution in [0.25, 0.3) is 0 Å². The Hall–Kier alpha value is -0.480. The number of hydrogen-bond acceptors (Lipinski definition) is 1. The van der Waals surface area contributed by atoms with Crippen molar-refractivity contribution in [1.82, 2.24) is 5.32 Å². The summed E-state index contributed by atoms with van der Waals surface area (Å²) < 4.78 is 0. The first kappa shape index (κ1) is 7.63. The summed E-state index contributed by atoms with van der Waals surface area (Å²) in [6.07, 6.45) is 7.47. The molecular formula is C9H15N. The van der Waals surface area contributed by atoms with E-state index in [0.29, 0.717) is 0 Å². The monoisotopic (exact) mass is 137 g/mol. The second kappa shape index (κ2) is 3.63. The average Bonchev–Trinajstić information content (AvgIpc) is 1.94. The van der Waals surface area contributed by atoms with Gasteiger partial charge in [0.1, 0.15) is 0 Å². The Bertz CT molecular complexity index is 134. The Morgan fingerprint density at radius 1 is 1.70 bits per heavy atom. The summed E-state index contributed by atoms with van der Waals surface area (Å²) in [4.78, 5) is 0. The van der Waals surface area contributed by atoms with Gasteiger partial charge >= 0.3 is 0 Å². The van der Waals surface area contributed by atoms with Crippen molar-refractivity contribution in [2.24, 2.45) is 11.8 Å². The molecule has 1 fully saturated rings. The molecule has 0 aromatic carbocycles. The maximum absolute atomic E-state index is 5.24. The van der Waals surface area contributed by atoms with Crippen molar-refractivity contribution in [3.8, 4) is 12.3 Å². The van der Waals surface area contributed by atoms with Gasteiger partial charge in [0.05, 0.1) is 0 Å². The van der Waals surface area contributed by atoms with Gasteiger partial charge in [0, 0.05) is 6.42 Å². The van der Waals surface area contributed by atoms with Crippen LogP contribution in [-0.2, 0) is 0 Å². The Morgan fingerprint density at radius 2 is 2.50 bits per heavy atom. The van der Waals surface area contributed by atoms with Gasteiger partial charge < -0.3 is 5.32 Å². The van der Waals surface area contributed by atoms with Gasteiger partial charge in [-0.05, 0) is 31.3 Å². The third kappa shape index (κ3) is 1.75. The van der Waals surface area contributed by atoms with Crippen LogP contribution in [0.5, 0.6) is 0 Å². The van der Waals surface area contributed by atoms with Gasteiger partial charge in [0.2, 0.25) is 0 Å². The van der Waals surface area contributed by atoms with E-state index in [9.17, 15) is 0 Å². The van der Waals surface area contributed by atoms with Crippen LogP contribution in [0.1, 0.15) is 19.8 Å². The van der Waals surface area contributed by atoms with Crippen molar-refractivity contribution < 1.29 is 0 Å². The van der Waals surface area contributed by atoms with E-state index in [4.69, 9.17) is 6.42 Å². The van der Waals surface area contributed by atoms with Gasteiger partial charge in [-0.3, -0.25) is 0 Å². The Morgan fingerprint density at radius 3 is 3.10 bits per heavy atom. The first-order valence-electron chi connectivity index (χ1n) is 3.98. The molecule has 0 bridgehead atoms. The Labute approximate surface area is 63.2 Å². The standard InChI is InChI=1S/C9H15N/c1-3-4-9-7-10-6-5-8(9)2/h1,8-10H,4-7H2,2H3. The molecule has 2 atom stereocenters. The van der Waals surface area contributed by atoms with Crippen LogP contribution in [0.15, 0.2) is 0 Å². The summed E-state index contributed by atoms with van der Waals surface area (Å²) in [7, 11) is 0. The molecule has 0 spiro atoms.